The minimum atomic E-state index is -0.880. The molecule has 0 spiro atoms. The Kier molecular flexibility index (Phi) is 2.92. The lowest BCUT2D eigenvalue weighted by Crippen LogP contribution is -1.96. The minimum absolute atomic E-state index is 0.337. The summed E-state index contributed by atoms with van der Waals surface area (Å²) in [5, 5.41) is 10.1. The van der Waals surface area contributed by atoms with E-state index in [1.165, 1.54) is 5.56 Å². The first kappa shape index (κ1) is 11.1. The maximum atomic E-state index is 10.9. The summed E-state index contributed by atoms with van der Waals surface area (Å²) in [4.78, 5) is 10.9. The van der Waals surface area contributed by atoms with Gasteiger partial charge in [0.25, 0.3) is 0 Å². The van der Waals surface area contributed by atoms with Crippen LogP contribution in [0, 0.1) is 0 Å². The zero-order chi connectivity index (χ0) is 11.7. The molecule has 1 aromatic carbocycles. The van der Waals surface area contributed by atoms with Gasteiger partial charge in [0.05, 0.1) is 5.56 Å². The molecule has 0 amide bonds. The molecule has 0 atom stereocenters. The molecule has 16 heavy (non-hydrogen) atoms. The maximum Gasteiger partial charge on any atom is 0.335 e. The van der Waals surface area contributed by atoms with Gasteiger partial charge in [-0.2, -0.15) is 11.8 Å². The highest BCUT2D eigenvalue weighted by Crippen LogP contribution is 2.24. The van der Waals surface area contributed by atoms with E-state index < -0.39 is 5.97 Å². The first-order chi connectivity index (χ1) is 7.63. The Hall–Kier alpha value is -1.42. The third-order valence-corrected chi connectivity index (χ3v) is 3.22. The summed E-state index contributed by atoms with van der Waals surface area (Å²) in [7, 11) is 1.94. The number of nitrogens with zero attached hydrogens (tertiary/aromatic N) is 1. The molecule has 1 heterocycles. The lowest BCUT2D eigenvalue weighted by Gasteiger charge is -1.98. The van der Waals surface area contributed by atoms with Crippen molar-refractivity contribution in [2.75, 3.05) is 6.26 Å². The van der Waals surface area contributed by atoms with Crippen molar-refractivity contribution >= 4 is 28.6 Å². The fourth-order valence-electron chi connectivity index (χ4n) is 1.87. The zero-order valence-corrected chi connectivity index (χ0v) is 10.0. The smallest absolute Gasteiger partial charge is 0.335 e. The molecule has 0 fully saturated rings. The van der Waals surface area contributed by atoms with Crippen molar-refractivity contribution in [2.24, 2.45) is 7.05 Å². The van der Waals surface area contributed by atoms with Gasteiger partial charge in [-0.1, -0.05) is 6.07 Å². The number of fused-ring (bicyclic) bond motifs is 1. The number of carboxylic acids is 1. The van der Waals surface area contributed by atoms with E-state index >= 15 is 0 Å². The predicted molar refractivity (Wildman–Crippen MR) is 67.1 cm³/mol. The van der Waals surface area contributed by atoms with Gasteiger partial charge in [-0.15, -0.1) is 0 Å². The number of aromatic carboxylic acids is 1. The molecule has 0 aliphatic carbocycles. The second kappa shape index (κ2) is 4.22. The number of benzene rings is 1. The van der Waals surface area contributed by atoms with Gasteiger partial charge >= 0.3 is 5.97 Å². The number of carboxylic acid groups (broad SMARTS) is 1. The average molecular weight is 235 g/mol. The van der Waals surface area contributed by atoms with Gasteiger partial charge in [0.2, 0.25) is 0 Å². The molecular formula is C12H13NO2S. The third-order valence-electron chi connectivity index (χ3n) is 2.62. The normalized spacial score (nSPS) is 10.9. The Morgan fingerprint density at radius 2 is 2.25 bits per heavy atom. The van der Waals surface area contributed by atoms with Gasteiger partial charge in [-0.05, 0) is 24.0 Å². The van der Waals surface area contributed by atoms with E-state index in [9.17, 15) is 4.79 Å². The van der Waals surface area contributed by atoms with Crippen molar-refractivity contribution in [1.82, 2.24) is 4.57 Å². The van der Waals surface area contributed by atoms with Crippen molar-refractivity contribution in [3.8, 4) is 0 Å². The summed E-state index contributed by atoms with van der Waals surface area (Å²) >= 11 is 1.76. The highest BCUT2D eigenvalue weighted by atomic mass is 32.2. The van der Waals surface area contributed by atoms with Crippen LogP contribution in [0.5, 0.6) is 0 Å². The first-order valence-corrected chi connectivity index (χ1v) is 6.33. The molecule has 0 unspecified atom stereocenters. The SMILES string of the molecule is CSCc1cn(C)c2cc(C(=O)O)ccc12. The summed E-state index contributed by atoms with van der Waals surface area (Å²) < 4.78 is 1.98. The molecule has 0 bridgehead atoms. The summed E-state index contributed by atoms with van der Waals surface area (Å²) in [6.45, 7) is 0. The van der Waals surface area contributed by atoms with Crippen molar-refractivity contribution in [3.63, 3.8) is 0 Å². The molecule has 84 valence electrons. The van der Waals surface area contributed by atoms with E-state index in [2.05, 4.69) is 12.5 Å². The summed E-state index contributed by atoms with van der Waals surface area (Å²) in [5.74, 6) is 0.0681. The van der Waals surface area contributed by atoms with Crippen molar-refractivity contribution in [3.05, 3.63) is 35.5 Å². The largest absolute Gasteiger partial charge is 0.478 e. The Morgan fingerprint density at radius 3 is 2.88 bits per heavy atom. The Morgan fingerprint density at radius 1 is 1.50 bits per heavy atom. The van der Waals surface area contributed by atoms with Crippen LogP contribution in [0.15, 0.2) is 24.4 Å². The number of rotatable bonds is 3. The Labute approximate surface area is 98.1 Å². The fourth-order valence-corrected chi connectivity index (χ4v) is 2.41. The van der Waals surface area contributed by atoms with Crippen LogP contribution in [0.1, 0.15) is 15.9 Å². The number of carbonyl (C=O) groups is 1. The van der Waals surface area contributed by atoms with Gasteiger partial charge < -0.3 is 9.67 Å². The number of aromatic nitrogens is 1. The number of thioether (sulfide) groups is 1. The molecule has 3 nitrogen and oxygen atoms in total. The van der Waals surface area contributed by atoms with Gasteiger partial charge in [0.1, 0.15) is 0 Å². The monoisotopic (exact) mass is 235 g/mol. The van der Waals surface area contributed by atoms with E-state index in [1.807, 2.05) is 17.7 Å². The number of hydrogen-bond acceptors (Lipinski definition) is 2. The van der Waals surface area contributed by atoms with Gasteiger partial charge in [-0.25, -0.2) is 4.79 Å². The van der Waals surface area contributed by atoms with E-state index in [-0.39, 0.29) is 0 Å². The lowest BCUT2D eigenvalue weighted by atomic mass is 10.1. The van der Waals surface area contributed by atoms with E-state index in [0.717, 1.165) is 16.7 Å². The first-order valence-electron chi connectivity index (χ1n) is 4.93. The minimum Gasteiger partial charge on any atom is -0.478 e. The van der Waals surface area contributed by atoms with Crippen LogP contribution in [-0.4, -0.2) is 21.9 Å². The lowest BCUT2D eigenvalue weighted by molar-refractivity contribution is 0.0697. The fraction of sp³-hybridized carbons (Fsp3) is 0.250. The van der Waals surface area contributed by atoms with E-state index in [1.54, 1.807) is 23.9 Å². The molecule has 0 saturated carbocycles. The van der Waals surface area contributed by atoms with Gasteiger partial charge in [0.15, 0.2) is 0 Å². The molecule has 2 aromatic rings. The van der Waals surface area contributed by atoms with E-state index in [0.29, 0.717) is 5.56 Å². The predicted octanol–water partition coefficient (Wildman–Crippen LogP) is 2.74. The molecular weight excluding hydrogens is 222 g/mol. The van der Waals surface area contributed by atoms with Gasteiger partial charge in [0, 0.05) is 29.9 Å². The van der Waals surface area contributed by atoms with Crippen LogP contribution in [0.2, 0.25) is 0 Å². The van der Waals surface area contributed by atoms with Crippen LogP contribution in [0.25, 0.3) is 10.9 Å². The van der Waals surface area contributed by atoms with Crippen LogP contribution in [-0.2, 0) is 12.8 Å². The van der Waals surface area contributed by atoms with Crippen LogP contribution in [0.4, 0.5) is 0 Å². The van der Waals surface area contributed by atoms with Crippen molar-refractivity contribution in [1.29, 1.82) is 0 Å². The Balaban J connectivity index is 2.61. The van der Waals surface area contributed by atoms with Crippen molar-refractivity contribution < 1.29 is 9.90 Å². The zero-order valence-electron chi connectivity index (χ0n) is 9.23. The number of hydrogen-bond donors (Lipinski definition) is 1. The Bertz CT molecular complexity index is 545. The molecule has 2 rings (SSSR count). The maximum absolute atomic E-state index is 10.9. The second-order valence-electron chi connectivity index (χ2n) is 3.74. The average Bonchev–Trinajstić information content (AvgIpc) is 2.56. The molecule has 0 aliphatic heterocycles. The van der Waals surface area contributed by atoms with E-state index in [4.69, 9.17) is 5.11 Å². The molecule has 1 aromatic heterocycles. The topological polar surface area (TPSA) is 42.2 Å². The summed E-state index contributed by atoms with van der Waals surface area (Å²) in [6, 6.07) is 5.28. The van der Waals surface area contributed by atoms with Crippen LogP contribution in [0.3, 0.4) is 0 Å². The van der Waals surface area contributed by atoms with Crippen molar-refractivity contribution in [2.45, 2.75) is 5.75 Å². The molecule has 0 aliphatic rings. The number of aryl methyl sites for hydroxylation is 1. The molecule has 4 heteroatoms. The third kappa shape index (κ3) is 1.80. The second-order valence-corrected chi connectivity index (χ2v) is 4.60. The molecule has 0 saturated heterocycles. The highest BCUT2D eigenvalue weighted by Gasteiger charge is 2.09. The summed E-state index contributed by atoms with van der Waals surface area (Å²) in [6.07, 6.45) is 4.12. The standard InChI is InChI=1S/C12H13NO2S/c1-13-6-9(7-16-2)10-4-3-8(12(14)15)5-11(10)13/h3-6H,7H2,1-2H3,(H,14,15). The molecule has 1 N–H and O–H groups in total. The molecule has 0 radical (unpaired) electrons. The highest BCUT2D eigenvalue weighted by molar-refractivity contribution is 7.97. The quantitative estimate of drug-likeness (QED) is 0.889. The summed E-state index contributed by atoms with van der Waals surface area (Å²) in [5.41, 5.74) is 2.57. The van der Waals surface area contributed by atoms with Crippen LogP contribution >= 0.6 is 11.8 Å². The van der Waals surface area contributed by atoms with Crippen LogP contribution < -0.4 is 0 Å². The van der Waals surface area contributed by atoms with Gasteiger partial charge in [-0.3, -0.25) is 0 Å².